The van der Waals surface area contributed by atoms with Gasteiger partial charge in [0.1, 0.15) is 5.69 Å². The predicted molar refractivity (Wildman–Crippen MR) is 64.5 cm³/mol. The molecule has 0 saturated heterocycles. The van der Waals surface area contributed by atoms with Crippen LogP contribution < -0.4 is 5.56 Å². The molecular weight excluding hydrogens is 307 g/mol. The molecule has 6 heteroatoms. The van der Waals surface area contributed by atoms with Gasteiger partial charge in [-0.1, -0.05) is 0 Å². The number of aryl methyl sites for hydroxylation is 1. The summed E-state index contributed by atoms with van der Waals surface area (Å²) in [5.74, 6) is 0.555. The first kappa shape index (κ1) is 10.3. The molecule has 0 spiro atoms. The Kier molecular flexibility index (Phi) is 2.85. The third kappa shape index (κ3) is 1.94. The number of aromatic amines is 1. The Bertz CT molecular complexity index is 531. The molecule has 0 aliphatic heterocycles. The summed E-state index contributed by atoms with van der Waals surface area (Å²) in [6.45, 7) is 2.74. The van der Waals surface area contributed by atoms with Crippen LogP contribution in [0.25, 0.3) is 11.5 Å². The Hall–Kier alpha value is -1.18. The fourth-order valence-electron chi connectivity index (χ4n) is 1.30. The number of nitrogens with zero attached hydrogens (tertiary/aromatic N) is 3. The number of H-pyrrole nitrogens is 1. The average Bonchev–Trinajstić information content (AvgIpc) is 2.70. The summed E-state index contributed by atoms with van der Waals surface area (Å²) < 4.78 is 2.37. The van der Waals surface area contributed by atoms with Crippen LogP contribution in [0.3, 0.4) is 0 Å². The Morgan fingerprint density at radius 3 is 3.07 bits per heavy atom. The molecule has 5 nitrogen and oxygen atoms in total. The fourth-order valence-corrected chi connectivity index (χ4v) is 1.57. The summed E-state index contributed by atoms with van der Waals surface area (Å²) in [6.07, 6.45) is 3.25. The molecule has 2 heterocycles. The van der Waals surface area contributed by atoms with Gasteiger partial charge in [-0.15, -0.1) is 0 Å². The summed E-state index contributed by atoms with van der Waals surface area (Å²) >= 11 is 1.95. The van der Waals surface area contributed by atoms with E-state index in [0.717, 1.165) is 12.2 Å². The zero-order valence-electron chi connectivity index (χ0n) is 8.07. The van der Waals surface area contributed by atoms with Gasteiger partial charge in [0.05, 0.1) is 3.57 Å². The number of rotatable bonds is 2. The smallest absolute Gasteiger partial charge is 0.264 e. The SMILES string of the molecule is CCn1nccc1-c1ncc(I)c(=O)[nH]1. The van der Waals surface area contributed by atoms with Gasteiger partial charge in [-0.05, 0) is 35.6 Å². The Balaban J connectivity index is 2.54. The summed E-state index contributed by atoms with van der Waals surface area (Å²) in [6, 6.07) is 1.83. The van der Waals surface area contributed by atoms with Crippen LogP contribution in [0.2, 0.25) is 0 Å². The van der Waals surface area contributed by atoms with Crippen molar-refractivity contribution in [2.75, 3.05) is 0 Å². The van der Waals surface area contributed by atoms with Crippen molar-refractivity contribution in [1.82, 2.24) is 19.7 Å². The topological polar surface area (TPSA) is 63.6 Å². The van der Waals surface area contributed by atoms with Crippen molar-refractivity contribution in [2.45, 2.75) is 13.5 Å². The molecular formula is C9H9IN4O. The van der Waals surface area contributed by atoms with E-state index >= 15 is 0 Å². The molecule has 2 rings (SSSR count). The van der Waals surface area contributed by atoms with Crippen molar-refractivity contribution in [1.29, 1.82) is 0 Å². The van der Waals surface area contributed by atoms with Crippen LogP contribution >= 0.6 is 22.6 Å². The molecule has 0 aromatic carbocycles. The first-order valence-corrected chi connectivity index (χ1v) is 5.57. The number of hydrogen-bond acceptors (Lipinski definition) is 3. The van der Waals surface area contributed by atoms with E-state index in [9.17, 15) is 4.79 Å². The second-order valence-electron chi connectivity index (χ2n) is 2.94. The molecule has 78 valence electrons. The minimum atomic E-state index is -0.121. The number of hydrogen-bond donors (Lipinski definition) is 1. The van der Waals surface area contributed by atoms with Gasteiger partial charge in [0.2, 0.25) is 0 Å². The molecule has 2 aromatic heterocycles. The molecule has 0 aliphatic rings. The molecule has 0 amide bonds. The van der Waals surface area contributed by atoms with Gasteiger partial charge in [-0.25, -0.2) is 4.98 Å². The van der Waals surface area contributed by atoms with Crippen molar-refractivity contribution < 1.29 is 0 Å². The number of halogens is 1. The van der Waals surface area contributed by atoms with Crippen LogP contribution in [0, 0.1) is 3.57 Å². The largest absolute Gasteiger partial charge is 0.304 e. The average molecular weight is 316 g/mol. The van der Waals surface area contributed by atoms with E-state index in [1.807, 2.05) is 35.6 Å². The standard InChI is InChI=1S/C9H9IN4O/c1-2-14-7(3-4-12-14)8-11-5-6(10)9(15)13-8/h3-5H,2H2,1H3,(H,11,13,15). The van der Waals surface area contributed by atoms with Crippen molar-refractivity contribution >= 4 is 22.6 Å². The quantitative estimate of drug-likeness (QED) is 0.849. The second kappa shape index (κ2) is 4.13. The van der Waals surface area contributed by atoms with Crippen LogP contribution in [0.4, 0.5) is 0 Å². The first-order chi connectivity index (χ1) is 7.22. The van der Waals surface area contributed by atoms with E-state index in [0.29, 0.717) is 9.39 Å². The van der Waals surface area contributed by atoms with Crippen molar-refractivity contribution in [3.8, 4) is 11.5 Å². The van der Waals surface area contributed by atoms with Gasteiger partial charge >= 0.3 is 0 Å². The van der Waals surface area contributed by atoms with Crippen LogP contribution in [0.1, 0.15) is 6.92 Å². The molecule has 2 aromatic rings. The summed E-state index contributed by atoms with van der Waals surface area (Å²) in [5, 5.41) is 4.12. The molecule has 0 atom stereocenters. The lowest BCUT2D eigenvalue weighted by atomic mass is 10.4. The molecule has 0 saturated carbocycles. The highest BCUT2D eigenvalue weighted by Crippen LogP contribution is 2.12. The lowest BCUT2D eigenvalue weighted by Gasteiger charge is -2.03. The van der Waals surface area contributed by atoms with Gasteiger partial charge < -0.3 is 4.98 Å². The molecule has 0 radical (unpaired) electrons. The summed E-state index contributed by atoms with van der Waals surface area (Å²) in [5.41, 5.74) is 0.704. The van der Waals surface area contributed by atoms with Crippen molar-refractivity contribution in [2.24, 2.45) is 0 Å². The molecule has 0 unspecified atom stereocenters. The van der Waals surface area contributed by atoms with E-state index in [-0.39, 0.29) is 5.56 Å². The highest BCUT2D eigenvalue weighted by Gasteiger charge is 2.07. The monoisotopic (exact) mass is 316 g/mol. The van der Waals surface area contributed by atoms with Gasteiger partial charge in [0, 0.05) is 18.9 Å². The molecule has 0 fully saturated rings. The molecule has 1 N–H and O–H groups in total. The maximum Gasteiger partial charge on any atom is 0.264 e. The van der Waals surface area contributed by atoms with Crippen LogP contribution in [0.5, 0.6) is 0 Å². The van der Waals surface area contributed by atoms with Crippen molar-refractivity contribution in [3.63, 3.8) is 0 Å². The number of aromatic nitrogens is 4. The first-order valence-electron chi connectivity index (χ1n) is 4.49. The summed E-state index contributed by atoms with van der Waals surface area (Å²) in [4.78, 5) is 18.3. The van der Waals surface area contributed by atoms with Crippen LogP contribution in [0.15, 0.2) is 23.3 Å². The zero-order chi connectivity index (χ0) is 10.8. The Labute approximate surface area is 99.7 Å². The minimum Gasteiger partial charge on any atom is -0.304 e. The Morgan fingerprint density at radius 2 is 2.40 bits per heavy atom. The molecule has 0 bridgehead atoms. The van der Waals surface area contributed by atoms with Gasteiger partial charge in [0.25, 0.3) is 5.56 Å². The zero-order valence-corrected chi connectivity index (χ0v) is 10.2. The van der Waals surface area contributed by atoms with E-state index in [4.69, 9.17) is 0 Å². The van der Waals surface area contributed by atoms with E-state index < -0.39 is 0 Å². The van der Waals surface area contributed by atoms with Gasteiger partial charge in [-0.3, -0.25) is 9.48 Å². The highest BCUT2D eigenvalue weighted by molar-refractivity contribution is 14.1. The van der Waals surface area contributed by atoms with E-state index in [1.165, 1.54) is 0 Å². The Morgan fingerprint density at radius 1 is 1.60 bits per heavy atom. The normalized spacial score (nSPS) is 10.5. The van der Waals surface area contributed by atoms with Crippen LogP contribution in [-0.4, -0.2) is 19.7 Å². The molecule has 15 heavy (non-hydrogen) atoms. The van der Waals surface area contributed by atoms with Gasteiger partial charge in [-0.2, -0.15) is 5.10 Å². The maximum atomic E-state index is 11.4. The second-order valence-corrected chi connectivity index (χ2v) is 4.10. The van der Waals surface area contributed by atoms with Gasteiger partial charge in [0.15, 0.2) is 5.82 Å². The third-order valence-corrected chi connectivity index (χ3v) is 2.78. The van der Waals surface area contributed by atoms with Crippen LogP contribution in [-0.2, 0) is 6.54 Å². The summed E-state index contributed by atoms with van der Waals surface area (Å²) in [7, 11) is 0. The maximum absolute atomic E-state index is 11.4. The predicted octanol–water partition coefficient (Wildman–Crippen LogP) is 1.26. The minimum absolute atomic E-state index is 0.121. The van der Waals surface area contributed by atoms with Crippen molar-refractivity contribution in [3.05, 3.63) is 32.4 Å². The fraction of sp³-hybridized carbons (Fsp3) is 0.222. The lowest BCUT2D eigenvalue weighted by Crippen LogP contribution is -2.13. The highest BCUT2D eigenvalue weighted by atomic mass is 127. The lowest BCUT2D eigenvalue weighted by molar-refractivity contribution is 0.663. The van der Waals surface area contributed by atoms with E-state index in [1.54, 1.807) is 17.1 Å². The third-order valence-electron chi connectivity index (χ3n) is 2.01. The van der Waals surface area contributed by atoms with E-state index in [2.05, 4.69) is 15.1 Å². The number of nitrogens with one attached hydrogen (secondary N) is 1. The molecule has 0 aliphatic carbocycles.